The van der Waals surface area contributed by atoms with E-state index in [9.17, 15) is 9.18 Å². The van der Waals surface area contributed by atoms with Gasteiger partial charge in [0.15, 0.2) is 0 Å². The average Bonchev–Trinajstić information content (AvgIpc) is 2.48. The van der Waals surface area contributed by atoms with Crippen molar-refractivity contribution in [1.82, 2.24) is 5.32 Å². The minimum atomic E-state index is -0.468. The Morgan fingerprint density at radius 3 is 2.45 bits per heavy atom. The molecule has 0 bridgehead atoms. The number of hydrogen-bond acceptors (Lipinski definition) is 2. The van der Waals surface area contributed by atoms with Crippen LogP contribution in [0.1, 0.15) is 11.1 Å². The summed E-state index contributed by atoms with van der Waals surface area (Å²) >= 11 is 0. The van der Waals surface area contributed by atoms with Crippen LogP contribution < -0.4 is 15.4 Å². The predicted molar refractivity (Wildman–Crippen MR) is 84.8 cm³/mol. The van der Waals surface area contributed by atoms with Crippen LogP contribution >= 0.6 is 0 Å². The molecule has 2 aromatic rings. The highest BCUT2D eigenvalue weighted by Crippen LogP contribution is 2.21. The van der Waals surface area contributed by atoms with Gasteiger partial charge in [-0.25, -0.2) is 9.18 Å². The van der Waals surface area contributed by atoms with E-state index in [0.717, 1.165) is 16.9 Å². The minimum absolute atomic E-state index is 0.149. The van der Waals surface area contributed by atoms with Gasteiger partial charge in [0.25, 0.3) is 0 Å². The second-order valence-electron chi connectivity index (χ2n) is 4.93. The molecule has 0 aliphatic carbocycles. The first-order valence-corrected chi connectivity index (χ1v) is 7.06. The second-order valence-corrected chi connectivity index (χ2v) is 4.93. The molecule has 0 saturated carbocycles. The molecule has 2 amide bonds. The first-order valence-electron chi connectivity index (χ1n) is 7.06. The number of benzene rings is 2. The fourth-order valence-corrected chi connectivity index (χ4v) is 2.07. The average molecular weight is 302 g/mol. The normalized spacial score (nSPS) is 10.1. The van der Waals surface area contributed by atoms with Crippen LogP contribution in [0.2, 0.25) is 0 Å². The molecule has 5 heteroatoms. The summed E-state index contributed by atoms with van der Waals surface area (Å²) in [6.45, 7) is 4.62. The van der Waals surface area contributed by atoms with E-state index in [-0.39, 0.29) is 5.69 Å². The summed E-state index contributed by atoms with van der Waals surface area (Å²) in [5, 5.41) is 5.08. The highest BCUT2D eigenvalue weighted by Gasteiger charge is 2.06. The molecule has 2 N–H and O–H groups in total. The topological polar surface area (TPSA) is 50.4 Å². The zero-order valence-corrected chi connectivity index (χ0v) is 12.7. The van der Waals surface area contributed by atoms with Crippen LogP contribution in [0.15, 0.2) is 42.5 Å². The minimum Gasteiger partial charge on any atom is -0.491 e. The third-order valence-electron chi connectivity index (χ3n) is 3.16. The summed E-state index contributed by atoms with van der Waals surface area (Å²) in [7, 11) is 0. The molecule has 0 atom stereocenters. The fourth-order valence-electron chi connectivity index (χ4n) is 2.07. The van der Waals surface area contributed by atoms with E-state index in [1.54, 1.807) is 12.1 Å². The van der Waals surface area contributed by atoms with E-state index in [0.29, 0.717) is 13.2 Å². The van der Waals surface area contributed by atoms with Crippen LogP contribution in [0.3, 0.4) is 0 Å². The van der Waals surface area contributed by atoms with Crippen molar-refractivity contribution in [3.05, 3.63) is 59.4 Å². The van der Waals surface area contributed by atoms with Gasteiger partial charge in [-0.2, -0.15) is 0 Å². The Morgan fingerprint density at radius 2 is 1.77 bits per heavy atom. The number of ether oxygens (including phenoxy) is 1. The summed E-state index contributed by atoms with van der Waals surface area (Å²) < 4.78 is 19.1. The molecule has 0 aromatic heterocycles. The van der Waals surface area contributed by atoms with E-state index in [4.69, 9.17) is 4.74 Å². The van der Waals surface area contributed by atoms with Crippen molar-refractivity contribution < 1.29 is 13.9 Å². The third kappa shape index (κ3) is 4.22. The Labute approximate surface area is 129 Å². The van der Waals surface area contributed by atoms with Gasteiger partial charge in [-0.3, -0.25) is 0 Å². The first-order chi connectivity index (χ1) is 10.6. The van der Waals surface area contributed by atoms with Crippen LogP contribution in [0.5, 0.6) is 5.75 Å². The Bertz CT molecular complexity index is 639. The molecular weight excluding hydrogens is 283 g/mol. The Morgan fingerprint density at radius 1 is 1.09 bits per heavy atom. The van der Waals surface area contributed by atoms with E-state index in [2.05, 4.69) is 10.6 Å². The summed E-state index contributed by atoms with van der Waals surface area (Å²) in [6, 6.07) is 11.5. The van der Waals surface area contributed by atoms with Crippen molar-refractivity contribution in [3.63, 3.8) is 0 Å². The standard InChI is InChI=1S/C17H19FN2O2/c1-12-6-5-7-13(2)16(12)22-11-10-19-17(21)20-15-9-4-3-8-14(15)18/h3-9H,10-11H2,1-2H3,(H2,19,20,21). The maximum absolute atomic E-state index is 13.4. The lowest BCUT2D eigenvalue weighted by Gasteiger charge is -2.12. The van der Waals surface area contributed by atoms with E-state index in [1.807, 2.05) is 32.0 Å². The maximum atomic E-state index is 13.4. The number of nitrogens with one attached hydrogen (secondary N) is 2. The summed E-state index contributed by atoms with van der Waals surface area (Å²) in [6.07, 6.45) is 0. The smallest absolute Gasteiger partial charge is 0.319 e. The monoisotopic (exact) mass is 302 g/mol. The molecule has 22 heavy (non-hydrogen) atoms. The van der Waals surface area contributed by atoms with Crippen LogP contribution in [0, 0.1) is 19.7 Å². The van der Waals surface area contributed by atoms with Crippen LogP contribution in [-0.2, 0) is 0 Å². The fraction of sp³-hybridized carbons (Fsp3) is 0.235. The molecular formula is C17H19FN2O2. The zero-order valence-electron chi connectivity index (χ0n) is 12.7. The van der Waals surface area contributed by atoms with Gasteiger partial charge < -0.3 is 15.4 Å². The number of carbonyl (C=O) groups is 1. The van der Waals surface area contributed by atoms with E-state index >= 15 is 0 Å². The van der Waals surface area contributed by atoms with Crippen molar-refractivity contribution >= 4 is 11.7 Å². The predicted octanol–water partition coefficient (Wildman–Crippen LogP) is 3.64. The number of hydrogen-bond donors (Lipinski definition) is 2. The number of carbonyl (C=O) groups excluding carboxylic acids is 1. The Hall–Kier alpha value is -2.56. The van der Waals surface area contributed by atoms with Gasteiger partial charge in [0.1, 0.15) is 18.2 Å². The molecule has 0 aliphatic rings. The number of rotatable bonds is 5. The van der Waals surface area contributed by atoms with Gasteiger partial charge in [0, 0.05) is 0 Å². The van der Waals surface area contributed by atoms with Crippen molar-refractivity contribution in [2.24, 2.45) is 0 Å². The quantitative estimate of drug-likeness (QED) is 0.828. The highest BCUT2D eigenvalue weighted by molar-refractivity contribution is 5.89. The Balaban J connectivity index is 1.77. The van der Waals surface area contributed by atoms with E-state index < -0.39 is 11.8 Å². The van der Waals surface area contributed by atoms with Crippen LogP contribution in [0.25, 0.3) is 0 Å². The lowest BCUT2D eigenvalue weighted by Crippen LogP contribution is -2.32. The highest BCUT2D eigenvalue weighted by atomic mass is 19.1. The van der Waals surface area contributed by atoms with Crippen molar-refractivity contribution in [3.8, 4) is 5.75 Å². The van der Waals surface area contributed by atoms with Crippen molar-refractivity contribution in [2.75, 3.05) is 18.5 Å². The Kier molecular flexibility index (Phi) is 5.36. The molecule has 2 rings (SSSR count). The number of anilines is 1. The van der Waals surface area contributed by atoms with Gasteiger partial charge in [-0.05, 0) is 37.1 Å². The largest absolute Gasteiger partial charge is 0.491 e. The number of amides is 2. The molecule has 0 radical (unpaired) electrons. The van der Waals surface area contributed by atoms with Crippen LogP contribution in [-0.4, -0.2) is 19.2 Å². The van der Waals surface area contributed by atoms with Gasteiger partial charge in [-0.1, -0.05) is 30.3 Å². The van der Waals surface area contributed by atoms with Gasteiger partial charge in [0.05, 0.1) is 12.2 Å². The molecule has 116 valence electrons. The lowest BCUT2D eigenvalue weighted by molar-refractivity contribution is 0.247. The van der Waals surface area contributed by atoms with Gasteiger partial charge in [0.2, 0.25) is 0 Å². The van der Waals surface area contributed by atoms with E-state index in [1.165, 1.54) is 12.1 Å². The summed E-state index contributed by atoms with van der Waals surface area (Å²) in [4.78, 5) is 11.7. The molecule has 4 nitrogen and oxygen atoms in total. The number of aryl methyl sites for hydroxylation is 2. The summed E-state index contributed by atoms with van der Waals surface area (Å²) in [5.41, 5.74) is 2.25. The van der Waals surface area contributed by atoms with Crippen LogP contribution in [0.4, 0.5) is 14.9 Å². The SMILES string of the molecule is Cc1cccc(C)c1OCCNC(=O)Nc1ccccc1F. The molecule has 0 fully saturated rings. The van der Waals surface area contributed by atoms with Crippen molar-refractivity contribution in [2.45, 2.75) is 13.8 Å². The number of halogens is 1. The summed E-state index contributed by atoms with van der Waals surface area (Å²) in [5.74, 6) is 0.364. The molecule has 0 unspecified atom stereocenters. The second kappa shape index (κ2) is 7.45. The van der Waals surface area contributed by atoms with Crippen molar-refractivity contribution in [1.29, 1.82) is 0 Å². The van der Waals surface area contributed by atoms with Gasteiger partial charge >= 0.3 is 6.03 Å². The first kappa shape index (κ1) is 15.8. The molecule has 0 spiro atoms. The molecule has 2 aromatic carbocycles. The molecule has 0 aliphatic heterocycles. The number of para-hydroxylation sites is 2. The molecule has 0 saturated heterocycles. The molecule has 0 heterocycles. The lowest BCUT2D eigenvalue weighted by atomic mass is 10.1. The maximum Gasteiger partial charge on any atom is 0.319 e. The number of urea groups is 1. The third-order valence-corrected chi connectivity index (χ3v) is 3.16. The zero-order chi connectivity index (χ0) is 15.9. The van der Waals surface area contributed by atoms with Gasteiger partial charge in [-0.15, -0.1) is 0 Å².